The first-order chi connectivity index (χ1) is 6.24. The van der Waals surface area contributed by atoms with E-state index in [0.29, 0.717) is 6.61 Å². The van der Waals surface area contributed by atoms with Crippen molar-refractivity contribution in [3.8, 4) is 0 Å². The second-order valence-corrected chi connectivity index (χ2v) is 10.00. The summed E-state index contributed by atoms with van der Waals surface area (Å²) in [6, 6.07) is 0. The van der Waals surface area contributed by atoms with E-state index in [4.69, 9.17) is 10.3 Å². The highest BCUT2D eigenvalue weighted by molar-refractivity contribution is 6.74. The SMILES string of the molecule is CCC(CON)O[Si](C)(C)C(C)(C)C. The average molecular weight is 219 g/mol. The van der Waals surface area contributed by atoms with Crippen LogP contribution in [0.4, 0.5) is 0 Å². The molecule has 0 aliphatic carbocycles. The van der Waals surface area contributed by atoms with Gasteiger partial charge in [-0.2, -0.15) is 0 Å². The lowest BCUT2D eigenvalue weighted by Crippen LogP contribution is -2.45. The van der Waals surface area contributed by atoms with E-state index in [1.54, 1.807) is 0 Å². The minimum Gasteiger partial charge on any atom is -0.412 e. The molecule has 1 unspecified atom stereocenters. The highest BCUT2D eigenvalue weighted by Gasteiger charge is 2.38. The Balaban J connectivity index is 4.32. The molecule has 4 heteroatoms. The molecule has 0 heterocycles. The molecule has 0 saturated carbocycles. The molecule has 14 heavy (non-hydrogen) atoms. The normalized spacial score (nSPS) is 15.6. The fourth-order valence-corrected chi connectivity index (χ4v) is 2.36. The van der Waals surface area contributed by atoms with E-state index < -0.39 is 8.32 Å². The number of nitrogens with two attached hydrogens (primary N) is 1. The van der Waals surface area contributed by atoms with E-state index in [1.165, 1.54) is 0 Å². The molecule has 1 atom stereocenters. The van der Waals surface area contributed by atoms with Crippen molar-refractivity contribution in [1.29, 1.82) is 0 Å². The Morgan fingerprint density at radius 2 is 1.79 bits per heavy atom. The fraction of sp³-hybridized carbons (Fsp3) is 1.00. The molecule has 0 aromatic heterocycles. The maximum atomic E-state index is 6.13. The summed E-state index contributed by atoms with van der Waals surface area (Å²) in [6.45, 7) is 13.8. The topological polar surface area (TPSA) is 44.5 Å². The zero-order chi connectivity index (χ0) is 11.4. The van der Waals surface area contributed by atoms with E-state index in [-0.39, 0.29) is 11.1 Å². The first kappa shape index (κ1) is 14.1. The van der Waals surface area contributed by atoms with Crippen molar-refractivity contribution in [2.24, 2.45) is 5.90 Å². The number of rotatable bonds is 5. The summed E-state index contributed by atoms with van der Waals surface area (Å²) in [6.07, 6.45) is 1.09. The van der Waals surface area contributed by atoms with Crippen LogP contribution in [-0.4, -0.2) is 21.0 Å². The van der Waals surface area contributed by atoms with Crippen LogP contribution in [0.5, 0.6) is 0 Å². The first-order valence-electron chi connectivity index (χ1n) is 5.24. The Hall–Kier alpha value is 0.0969. The summed E-state index contributed by atoms with van der Waals surface area (Å²) < 4.78 is 6.13. The predicted molar refractivity (Wildman–Crippen MR) is 62.5 cm³/mol. The molecule has 86 valence electrons. The summed E-state index contributed by atoms with van der Waals surface area (Å²) in [5, 5.41) is 0.245. The summed E-state index contributed by atoms with van der Waals surface area (Å²) in [7, 11) is -1.66. The van der Waals surface area contributed by atoms with Crippen molar-refractivity contribution in [3.63, 3.8) is 0 Å². The molecule has 3 nitrogen and oxygen atoms in total. The Bertz CT molecular complexity index is 166. The van der Waals surface area contributed by atoms with E-state index in [0.717, 1.165) is 6.42 Å². The summed E-state index contributed by atoms with van der Waals surface area (Å²) in [5.74, 6) is 5.07. The van der Waals surface area contributed by atoms with Crippen molar-refractivity contribution >= 4 is 8.32 Å². The molecule has 0 saturated heterocycles. The van der Waals surface area contributed by atoms with Crippen molar-refractivity contribution in [1.82, 2.24) is 0 Å². The summed E-state index contributed by atoms with van der Waals surface area (Å²) >= 11 is 0. The van der Waals surface area contributed by atoms with Crippen LogP contribution in [0.15, 0.2) is 0 Å². The summed E-state index contributed by atoms with van der Waals surface area (Å²) in [4.78, 5) is 4.65. The molecular weight excluding hydrogens is 194 g/mol. The van der Waals surface area contributed by atoms with Gasteiger partial charge in [-0.3, -0.25) is 0 Å². The van der Waals surface area contributed by atoms with Gasteiger partial charge in [-0.15, -0.1) is 0 Å². The van der Waals surface area contributed by atoms with Gasteiger partial charge in [-0.05, 0) is 24.6 Å². The molecule has 0 spiro atoms. The van der Waals surface area contributed by atoms with Crippen molar-refractivity contribution < 1.29 is 9.26 Å². The second kappa shape index (κ2) is 5.26. The second-order valence-electron chi connectivity index (χ2n) is 5.24. The lowest BCUT2D eigenvalue weighted by Gasteiger charge is -2.38. The molecule has 0 radical (unpaired) electrons. The minimum atomic E-state index is -1.66. The molecule has 0 rings (SSSR count). The third kappa shape index (κ3) is 4.08. The van der Waals surface area contributed by atoms with E-state index in [2.05, 4.69) is 45.6 Å². The maximum absolute atomic E-state index is 6.13. The molecule has 0 aromatic rings. The maximum Gasteiger partial charge on any atom is 0.192 e. The van der Waals surface area contributed by atoms with Crippen molar-refractivity contribution in [3.05, 3.63) is 0 Å². The smallest absolute Gasteiger partial charge is 0.192 e. The molecule has 2 N–H and O–H groups in total. The van der Waals surface area contributed by atoms with Gasteiger partial charge >= 0.3 is 0 Å². The Kier molecular flexibility index (Phi) is 5.29. The van der Waals surface area contributed by atoms with Gasteiger partial charge in [-0.25, -0.2) is 5.90 Å². The minimum absolute atomic E-state index is 0.140. The lowest BCUT2D eigenvalue weighted by atomic mass is 10.2. The van der Waals surface area contributed by atoms with Gasteiger partial charge in [0, 0.05) is 0 Å². The average Bonchev–Trinajstić information content (AvgIpc) is 2.01. The van der Waals surface area contributed by atoms with Crippen LogP contribution in [-0.2, 0) is 9.26 Å². The van der Waals surface area contributed by atoms with Crippen LogP contribution < -0.4 is 5.90 Å². The first-order valence-corrected chi connectivity index (χ1v) is 8.15. The van der Waals surface area contributed by atoms with Gasteiger partial charge < -0.3 is 9.26 Å². The largest absolute Gasteiger partial charge is 0.412 e. The Labute approximate surface area is 89.0 Å². The highest BCUT2D eigenvalue weighted by atomic mass is 28.4. The van der Waals surface area contributed by atoms with Gasteiger partial charge in [0.25, 0.3) is 0 Å². The van der Waals surface area contributed by atoms with Crippen LogP contribution >= 0.6 is 0 Å². The van der Waals surface area contributed by atoms with Crippen molar-refractivity contribution in [2.75, 3.05) is 6.61 Å². The van der Waals surface area contributed by atoms with Gasteiger partial charge in [0.2, 0.25) is 0 Å². The molecule has 0 amide bonds. The zero-order valence-electron chi connectivity index (χ0n) is 10.4. The molecular formula is C10H25NO2Si. The van der Waals surface area contributed by atoms with E-state index in [1.807, 2.05) is 0 Å². The molecule has 0 fully saturated rings. The standard InChI is InChI=1S/C10H25NO2Si/c1-7-9(8-12-11)13-14(5,6)10(2,3)4/h9H,7-8,11H2,1-6H3. The van der Waals surface area contributed by atoms with Crippen LogP contribution in [0.3, 0.4) is 0 Å². The van der Waals surface area contributed by atoms with Crippen LogP contribution in [0.1, 0.15) is 34.1 Å². The Morgan fingerprint density at radius 1 is 1.29 bits per heavy atom. The lowest BCUT2D eigenvalue weighted by molar-refractivity contribution is 0.0410. The third-order valence-corrected chi connectivity index (χ3v) is 7.54. The van der Waals surface area contributed by atoms with Gasteiger partial charge in [0.05, 0.1) is 12.7 Å². The van der Waals surface area contributed by atoms with Gasteiger partial charge in [-0.1, -0.05) is 27.7 Å². The van der Waals surface area contributed by atoms with E-state index in [9.17, 15) is 0 Å². The van der Waals surface area contributed by atoms with Gasteiger partial charge in [0.15, 0.2) is 8.32 Å². The third-order valence-electron chi connectivity index (χ3n) is 3.00. The highest BCUT2D eigenvalue weighted by Crippen LogP contribution is 2.37. The molecule has 0 bridgehead atoms. The quantitative estimate of drug-likeness (QED) is 0.571. The number of hydrogen-bond acceptors (Lipinski definition) is 3. The van der Waals surface area contributed by atoms with Crippen LogP contribution in [0.2, 0.25) is 18.1 Å². The molecule has 0 aliphatic heterocycles. The summed E-state index contributed by atoms with van der Waals surface area (Å²) in [5.41, 5.74) is 0. The molecule has 0 aromatic carbocycles. The van der Waals surface area contributed by atoms with Crippen molar-refractivity contribution in [2.45, 2.75) is 58.4 Å². The monoisotopic (exact) mass is 219 g/mol. The molecule has 0 aliphatic rings. The zero-order valence-corrected chi connectivity index (χ0v) is 11.4. The fourth-order valence-electron chi connectivity index (χ4n) is 0.936. The van der Waals surface area contributed by atoms with E-state index >= 15 is 0 Å². The number of hydrogen-bond donors (Lipinski definition) is 1. The van der Waals surface area contributed by atoms with Gasteiger partial charge in [0.1, 0.15) is 0 Å². The van der Waals surface area contributed by atoms with Crippen LogP contribution in [0.25, 0.3) is 0 Å². The van der Waals surface area contributed by atoms with Crippen LogP contribution in [0, 0.1) is 0 Å². The Morgan fingerprint density at radius 3 is 2.07 bits per heavy atom. The predicted octanol–water partition coefficient (Wildman–Crippen LogP) is 2.68.